The summed E-state index contributed by atoms with van der Waals surface area (Å²) in [5.41, 5.74) is 4.75. The van der Waals surface area contributed by atoms with E-state index in [1.54, 1.807) is 0 Å². The third-order valence-electron chi connectivity index (χ3n) is 2.65. The van der Waals surface area contributed by atoms with E-state index in [4.69, 9.17) is 5.73 Å². The van der Waals surface area contributed by atoms with Gasteiger partial charge >= 0.3 is 6.18 Å². The van der Waals surface area contributed by atoms with Gasteiger partial charge in [-0.05, 0) is 25.0 Å². The van der Waals surface area contributed by atoms with Crippen molar-refractivity contribution in [3.63, 3.8) is 0 Å². The van der Waals surface area contributed by atoms with Crippen LogP contribution in [0.4, 0.5) is 13.2 Å². The maximum Gasteiger partial charge on any atom is 0.417 e. The topological polar surface area (TPSA) is 68.0 Å². The van der Waals surface area contributed by atoms with Gasteiger partial charge < -0.3 is 11.1 Å². The lowest BCUT2D eigenvalue weighted by molar-refractivity contribution is -0.137. The minimum atomic E-state index is -4.45. The molecule has 1 rings (SSSR count). The Morgan fingerprint density at radius 3 is 2.63 bits per heavy atom. The fourth-order valence-corrected chi connectivity index (χ4v) is 1.36. The lowest BCUT2D eigenvalue weighted by atomic mass is 10.2. The molecule has 1 atom stereocenters. The van der Waals surface area contributed by atoms with Crippen LogP contribution in [-0.2, 0) is 6.18 Å². The smallest absolute Gasteiger partial charge is 0.351 e. The van der Waals surface area contributed by atoms with Gasteiger partial charge in [-0.3, -0.25) is 9.78 Å². The lowest BCUT2D eigenvalue weighted by Crippen LogP contribution is -2.30. The molecule has 0 radical (unpaired) electrons. The summed E-state index contributed by atoms with van der Waals surface area (Å²) in [6.45, 7) is 2.31. The van der Waals surface area contributed by atoms with Crippen LogP contribution in [0.3, 0.4) is 0 Å². The zero-order valence-corrected chi connectivity index (χ0v) is 10.5. The first-order valence-electron chi connectivity index (χ1n) is 5.91. The number of carbonyl (C=O) groups is 1. The Kier molecular flexibility index (Phi) is 5.29. The van der Waals surface area contributed by atoms with Gasteiger partial charge in [0.25, 0.3) is 5.91 Å². The number of hydrogen-bond donors (Lipinski definition) is 2. The van der Waals surface area contributed by atoms with E-state index >= 15 is 0 Å². The molecule has 0 saturated heterocycles. The second-order valence-corrected chi connectivity index (χ2v) is 4.14. The zero-order chi connectivity index (χ0) is 14.5. The molecule has 1 amide bonds. The maximum atomic E-state index is 12.3. The number of carbonyl (C=O) groups excluding carboxylic acids is 1. The lowest BCUT2D eigenvalue weighted by Gasteiger charge is -2.10. The highest BCUT2D eigenvalue weighted by Gasteiger charge is 2.30. The van der Waals surface area contributed by atoms with Crippen molar-refractivity contribution >= 4 is 5.91 Å². The maximum absolute atomic E-state index is 12.3. The van der Waals surface area contributed by atoms with E-state index in [1.165, 1.54) is 0 Å². The Morgan fingerprint density at radius 2 is 2.16 bits per heavy atom. The molecule has 0 spiro atoms. The van der Waals surface area contributed by atoms with E-state index in [2.05, 4.69) is 10.3 Å². The third kappa shape index (κ3) is 4.86. The van der Waals surface area contributed by atoms with Crippen molar-refractivity contribution in [2.24, 2.45) is 5.73 Å². The van der Waals surface area contributed by atoms with E-state index < -0.39 is 17.6 Å². The average Bonchev–Trinajstić information content (AvgIpc) is 2.37. The molecule has 0 fully saturated rings. The van der Waals surface area contributed by atoms with E-state index in [0.29, 0.717) is 19.2 Å². The fourth-order valence-electron chi connectivity index (χ4n) is 1.36. The Balaban J connectivity index is 2.54. The summed E-state index contributed by atoms with van der Waals surface area (Å²) in [5, 5.41) is 2.56. The van der Waals surface area contributed by atoms with E-state index in [1.807, 2.05) is 6.92 Å². The molecule has 0 saturated carbocycles. The summed E-state index contributed by atoms with van der Waals surface area (Å²) < 4.78 is 36.9. The van der Waals surface area contributed by atoms with Gasteiger partial charge in [-0.2, -0.15) is 13.2 Å². The van der Waals surface area contributed by atoms with Crippen LogP contribution >= 0.6 is 0 Å². The number of nitrogens with zero attached hydrogens (tertiary/aromatic N) is 1. The number of pyridine rings is 1. The molecule has 0 aliphatic carbocycles. The quantitative estimate of drug-likeness (QED) is 0.863. The predicted molar refractivity (Wildman–Crippen MR) is 64.5 cm³/mol. The first-order chi connectivity index (χ1) is 8.84. The molecule has 1 aromatic heterocycles. The van der Waals surface area contributed by atoms with Crippen molar-refractivity contribution in [3.05, 3.63) is 29.6 Å². The average molecular weight is 275 g/mol. The van der Waals surface area contributed by atoms with Crippen molar-refractivity contribution in [1.82, 2.24) is 10.3 Å². The molecule has 0 aliphatic heterocycles. The summed E-state index contributed by atoms with van der Waals surface area (Å²) in [5.74, 6) is -0.503. The van der Waals surface area contributed by atoms with Gasteiger partial charge in [0.1, 0.15) is 5.69 Å². The number of aromatic nitrogens is 1. The van der Waals surface area contributed by atoms with Crippen LogP contribution in [0, 0.1) is 0 Å². The van der Waals surface area contributed by atoms with E-state index in [-0.39, 0.29) is 11.7 Å². The number of amides is 1. The van der Waals surface area contributed by atoms with E-state index in [9.17, 15) is 18.0 Å². The Bertz CT molecular complexity index is 417. The molecular formula is C12H16F3N3O. The summed E-state index contributed by atoms with van der Waals surface area (Å²) >= 11 is 0. The van der Waals surface area contributed by atoms with Crippen LogP contribution < -0.4 is 11.1 Å². The third-order valence-corrected chi connectivity index (χ3v) is 2.65. The molecule has 0 bridgehead atoms. The molecule has 0 aliphatic rings. The van der Waals surface area contributed by atoms with Gasteiger partial charge in [-0.1, -0.05) is 6.92 Å². The number of halogens is 3. The van der Waals surface area contributed by atoms with Gasteiger partial charge in [-0.15, -0.1) is 0 Å². The Hall–Kier alpha value is -1.63. The molecule has 19 heavy (non-hydrogen) atoms. The predicted octanol–water partition coefficient (Wildman–Crippen LogP) is 1.96. The van der Waals surface area contributed by atoms with Crippen molar-refractivity contribution in [3.8, 4) is 0 Å². The van der Waals surface area contributed by atoms with Crippen molar-refractivity contribution in [2.75, 3.05) is 6.54 Å². The molecule has 0 aromatic carbocycles. The molecular weight excluding hydrogens is 259 g/mol. The first-order valence-corrected chi connectivity index (χ1v) is 5.91. The van der Waals surface area contributed by atoms with Gasteiger partial charge in [0, 0.05) is 18.8 Å². The van der Waals surface area contributed by atoms with Gasteiger partial charge in [0.15, 0.2) is 0 Å². The Morgan fingerprint density at radius 1 is 1.47 bits per heavy atom. The van der Waals surface area contributed by atoms with Gasteiger partial charge in [0.2, 0.25) is 0 Å². The first kappa shape index (κ1) is 15.4. The van der Waals surface area contributed by atoms with Gasteiger partial charge in [0.05, 0.1) is 5.56 Å². The van der Waals surface area contributed by atoms with Crippen LogP contribution in [0.1, 0.15) is 35.8 Å². The normalized spacial score (nSPS) is 13.1. The molecule has 1 aromatic rings. The highest BCUT2D eigenvalue weighted by Crippen LogP contribution is 2.28. The standard InChI is InChI=1S/C12H16F3N3O/c1-2-9(16)5-6-17-11(19)10-4-3-8(7-18-10)12(13,14)15/h3-4,7,9H,2,5-6,16H2,1H3,(H,17,19). The fraction of sp³-hybridized carbons (Fsp3) is 0.500. The van der Waals surface area contributed by atoms with Crippen molar-refractivity contribution < 1.29 is 18.0 Å². The number of alkyl halides is 3. The summed E-state index contributed by atoms with van der Waals surface area (Å²) in [4.78, 5) is 15.1. The van der Waals surface area contributed by atoms with Crippen molar-refractivity contribution in [1.29, 1.82) is 0 Å². The van der Waals surface area contributed by atoms with Crippen LogP contribution in [-0.4, -0.2) is 23.5 Å². The summed E-state index contributed by atoms with van der Waals surface area (Å²) in [6.07, 6.45) is -2.39. The number of nitrogens with two attached hydrogens (primary N) is 1. The largest absolute Gasteiger partial charge is 0.417 e. The van der Waals surface area contributed by atoms with Crippen LogP contribution in [0.5, 0.6) is 0 Å². The molecule has 1 unspecified atom stereocenters. The summed E-state index contributed by atoms with van der Waals surface area (Å²) in [7, 11) is 0. The number of rotatable bonds is 5. The monoisotopic (exact) mass is 275 g/mol. The highest BCUT2D eigenvalue weighted by atomic mass is 19.4. The molecule has 106 valence electrons. The molecule has 1 heterocycles. The minimum absolute atomic E-state index is 0.000801. The number of hydrogen-bond acceptors (Lipinski definition) is 3. The van der Waals surface area contributed by atoms with Crippen LogP contribution in [0.2, 0.25) is 0 Å². The van der Waals surface area contributed by atoms with E-state index in [0.717, 1.165) is 18.6 Å². The Labute approximate surface area is 109 Å². The zero-order valence-electron chi connectivity index (χ0n) is 10.5. The second-order valence-electron chi connectivity index (χ2n) is 4.14. The van der Waals surface area contributed by atoms with Crippen LogP contribution in [0.25, 0.3) is 0 Å². The molecule has 7 heteroatoms. The summed E-state index contributed by atoms with van der Waals surface area (Å²) in [6, 6.07) is 1.89. The van der Waals surface area contributed by atoms with Crippen molar-refractivity contribution in [2.45, 2.75) is 32.0 Å². The second kappa shape index (κ2) is 6.51. The minimum Gasteiger partial charge on any atom is -0.351 e. The van der Waals surface area contributed by atoms with Crippen LogP contribution in [0.15, 0.2) is 18.3 Å². The number of nitrogens with one attached hydrogen (secondary N) is 1. The SMILES string of the molecule is CCC(N)CCNC(=O)c1ccc(C(F)(F)F)cn1. The highest BCUT2D eigenvalue weighted by molar-refractivity contribution is 5.92. The molecule has 4 nitrogen and oxygen atoms in total. The molecule has 3 N–H and O–H groups in total. The van der Waals surface area contributed by atoms with Gasteiger partial charge in [-0.25, -0.2) is 0 Å².